The molecule has 21 heavy (non-hydrogen) atoms. The van der Waals surface area contributed by atoms with Gasteiger partial charge in [-0.3, -0.25) is 0 Å². The molecular formula is C18H33BO2. The van der Waals surface area contributed by atoms with Gasteiger partial charge in [-0.15, -0.1) is 0 Å². The van der Waals surface area contributed by atoms with Gasteiger partial charge in [0.15, 0.2) is 0 Å². The average molecular weight is 292 g/mol. The van der Waals surface area contributed by atoms with Crippen LogP contribution < -0.4 is 0 Å². The van der Waals surface area contributed by atoms with E-state index in [9.17, 15) is 0 Å². The summed E-state index contributed by atoms with van der Waals surface area (Å²) in [6, 6.07) is 0. The highest BCUT2D eigenvalue weighted by Crippen LogP contribution is 2.42. The number of rotatable bonds is 6. The van der Waals surface area contributed by atoms with Crippen LogP contribution in [0.5, 0.6) is 0 Å². The summed E-state index contributed by atoms with van der Waals surface area (Å²) < 4.78 is 12.3. The molecule has 2 aliphatic carbocycles. The smallest absolute Gasteiger partial charge is 0.368 e. The van der Waals surface area contributed by atoms with Crippen LogP contribution >= 0.6 is 0 Å². The highest BCUT2D eigenvalue weighted by molar-refractivity contribution is 6.55. The first-order valence-corrected chi connectivity index (χ1v) is 9.20. The van der Waals surface area contributed by atoms with E-state index in [0.717, 1.165) is 17.6 Å². The van der Waals surface area contributed by atoms with E-state index < -0.39 is 0 Å². The third kappa shape index (κ3) is 5.27. The fourth-order valence-electron chi connectivity index (χ4n) is 4.03. The minimum absolute atomic E-state index is 0.189. The molecule has 0 saturated heterocycles. The van der Waals surface area contributed by atoms with Crippen molar-refractivity contribution in [2.75, 3.05) is 0 Å². The van der Waals surface area contributed by atoms with Crippen LogP contribution in [0.25, 0.3) is 0 Å². The second-order valence-corrected chi connectivity index (χ2v) is 7.15. The van der Waals surface area contributed by atoms with Crippen molar-refractivity contribution in [1.82, 2.24) is 0 Å². The summed E-state index contributed by atoms with van der Waals surface area (Å²) in [4.78, 5) is 0. The molecule has 0 aliphatic heterocycles. The lowest BCUT2D eigenvalue weighted by Gasteiger charge is -2.35. The fraction of sp³-hybridized carbons (Fsp3) is 0.889. The van der Waals surface area contributed by atoms with E-state index >= 15 is 0 Å². The molecule has 0 bridgehead atoms. The summed E-state index contributed by atoms with van der Waals surface area (Å²) >= 11 is 0. The van der Waals surface area contributed by atoms with Crippen LogP contribution in [-0.4, -0.2) is 13.0 Å². The Kier molecular flexibility index (Phi) is 6.99. The van der Waals surface area contributed by atoms with Gasteiger partial charge >= 0.3 is 6.92 Å². The number of allylic oxidation sites excluding steroid dienone is 1. The van der Waals surface area contributed by atoms with Crippen molar-refractivity contribution in [2.24, 2.45) is 0 Å². The Hall–Kier alpha value is -0.595. The molecule has 0 amide bonds. The molecule has 0 N–H and O–H groups in total. The lowest BCUT2D eigenvalue weighted by Crippen LogP contribution is -2.33. The molecule has 0 aromatic carbocycles. The van der Waals surface area contributed by atoms with Crippen molar-refractivity contribution in [3.8, 4) is 0 Å². The van der Waals surface area contributed by atoms with Crippen LogP contribution in [-0.2, 0) is 9.39 Å². The summed E-state index contributed by atoms with van der Waals surface area (Å²) in [5.41, 5.74) is 0. The van der Waals surface area contributed by atoms with Gasteiger partial charge < -0.3 is 9.39 Å². The Labute approximate surface area is 131 Å². The molecule has 3 heteroatoms. The third-order valence-corrected chi connectivity index (χ3v) is 5.07. The molecule has 0 spiro atoms. The Balaban J connectivity index is 2.02. The molecule has 2 rings (SSSR count). The quantitative estimate of drug-likeness (QED) is 0.445. The first kappa shape index (κ1) is 16.8. The van der Waals surface area contributed by atoms with Gasteiger partial charge in [0, 0.05) is 0 Å². The maximum atomic E-state index is 6.43. The Morgan fingerprint density at radius 2 is 1.38 bits per heavy atom. The monoisotopic (exact) mass is 292 g/mol. The minimum Gasteiger partial charge on any atom is -0.536 e. The van der Waals surface area contributed by atoms with Gasteiger partial charge in [0.05, 0.1) is 6.10 Å². The lowest BCUT2D eigenvalue weighted by atomic mass is 9.42. The van der Waals surface area contributed by atoms with E-state index in [0.29, 0.717) is 6.92 Å². The molecule has 2 saturated carbocycles. The largest absolute Gasteiger partial charge is 0.536 e. The Morgan fingerprint density at radius 3 is 1.76 bits per heavy atom. The highest BCUT2D eigenvalue weighted by atomic mass is 16.7. The van der Waals surface area contributed by atoms with Crippen molar-refractivity contribution in [2.45, 2.75) is 103 Å². The van der Waals surface area contributed by atoms with Crippen LogP contribution in [0, 0.1) is 0 Å². The second-order valence-electron chi connectivity index (χ2n) is 7.15. The van der Waals surface area contributed by atoms with E-state index in [2.05, 4.69) is 13.8 Å². The van der Waals surface area contributed by atoms with E-state index in [4.69, 9.17) is 9.39 Å². The summed E-state index contributed by atoms with van der Waals surface area (Å²) in [6.07, 6.45) is 15.9. The first-order chi connectivity index (χ1) is 10.2. The molecule has 0 aromatic heterocycles. The first-order valence-electron chi connectivity index (χ1n) is 9.20. The molecule has 2 fully saturated rings. The van der Waals surface area contributed by atoms with Gasteiger partial charge in [-0.1, -0.05) is 64.2 Å². The zero-order valence-electron chi connectivity index (χ0n) is 14.3. The predicted octanol–water partition coefficient (Wildman–Crippen LogP) is 5.95. The maximum Gasteiger partial charge on any atom is 0.368 e. The van der Waals surface area contributed by atoms with Gasteiger partial charge in [0.25, 0.3) is 5.95 Å². The summed E-state index contributed by atoms with van der Waals surface area (Å²) in [5.74, 6) is 2.24. The molecule has 0 aromatic rings. The molecule has 0 unspecified atom stereocenters. The molecular weight excluding hydrogens is 259 g/mol. The zero-order valence-corrected chi connectivity index (χ0v) is 14.3. The molecule has 2 nitrogen and oxygen atoms in total. The van der Waals surface area contributed by atoms with Gasteiger partial charge in [-0.05, 0) is 38.5 Å². The third-order valence-electron chi connectivity index (χ3n) is 5.07. The van der Waals surface area contributed by atoms with Gasteiger partial charge in [-0.25, -0.2) is 0 Å². The Morgan fingerprint density at radius 1 is 0.905 bits per heavy atom. The zero-order chi connectivity index (χ0) is 15.1. The van der Waals surface area contributed by atoms with Gasteiger partial charge in [-0.2, -0.15) is 0 Å². The minimum atomic E-state index is 0.189. The van der Waals surface area contributed by atoms with Crippen molar-refractivity contribution in [3.63, 3.8) is 0 Å². The molecule has 0 radical (unpaired) electrons. The van der Waals surface area contributed by atoms with Crippen molar-refractivity contribution >= 4 is 6.92 Å². The predicted molar refractivity (Wildman–Crippen MR) is 90.5 cm³/mol. The van der Waals surface area contributed by atoms with Crippen molar-refractivity contribution in [3.05, 3.63) is 12.0 Å². The van der Waals surface area contributed by atoms with Gasteiger partial charge in [0.2, 0.25) is 0 Å². The van der Waals surface area contributed by atoms with Crippen LogP contribution in [0.15, 0.2) is 12.0 Å². The highest BCUT2D eigenvalue weighted by Gasteiger charge is 2.38. The number of ether oxygens (including phenoxy) is 1. The molecule has 2 aliphatic rings. The van der Waals surface area contributed by atoms with Crippen LogP contribution in [0.3, 0.4) is 0 Å². The normalized spacial score (nSPS) is 22.4. The standard InChI is InChI=1S/C18H33BO2/c1-4-18(20-15(2)3)21-19(16-11-7-5-8-12-16)17-13-9-6-10-14-17/h4,15-17H,5-14H2,1-3H3/b18-4+. The topological polar surface area (TPSA) is 18.5 Å². The molecule has 120 valence electrons. The van der Waals surface area contributed by atoms with E-state index in [1.165, 1.54) is 64.2 Å². The van der Waals surface area contributed by atoms with Crippen LogP contribution in [0.4, 0.5) is 0 Å². The van der Waals surface area contributed by atoms with E-state index in [1.54, 1.807) is 0 Å². The lowest BCUT2D eigenvalue weighted by molar-refractivity contribution is 0.0581. The Bertz CT molecular complexity index is 297. The van der Waals surface area contributed by atoms with Crippen LogP contribution in [0.1, 0.15) is 85.0 Å². The maximum absolute atomic E-state index is 6.43. The van der Waals surface area contributed by atoms with Gasteiger partial charge in [0.1, 0.15) is 0 Å². The van der Waals surface area contributed by atoms with E-state index in [1.807, 2.05) is 13.0 Å². The van der Waals surface area contributed by atoms with E-state index in [-0.39, 0.29) is 6.10 Å². The van der Waals surface area contributed by atoms with Crippen molar-refractivity contribution in [1.29, 1.82) is 0 Å². The molecule has 0 heterocycles. The number of hydrogen-bond donors (Lipinski definition) is 0. The summed E-state index contributed by atoms with van der Waals surface area (Å²) in [6.45, 7) is 6.55. The number of hydrogen-bond acceptors (Lipinski definition) is 2. The SMILES string of the molecule is C/C=C(/OB(C1CCCCC1)C1CCCCC1)OC(C)C. The summed E-state index contributed by atoms with van der Waals surface area (Å²) in [5, 5.41) is 0. The second kappa shape index (κ2) is 8.75. The fourth-order valence-corrected chi connectivity index (χ4v) is 4.03. The van der Waals surface area contributed by atoms with Crippen LogP contribution in [0.2, 0.25) is 11.6 Å². The summed E-state index contributed by atoms with van der Waals surface area (Å²) in [7, 11) is 0. The van der Waals surface area contributed by atoms with Crippen molar-refractivity contribution < 1.29 is 9.39 Å². The molecule has 0 atom stereocenters. The average Bonchev–Trinajstić information content (AvgIpc) is 2.52.